The largest absolute Gasteiger partial charge is 0.468 e. The summed E-state index contributed by atoms with van der Waals surface area (Å²) >= 11 is 0. The van der Waals surface area contributed by atoms with Crippen LogP contribution in [0.3, 0.4) is 0 Å². The molecular weight excluding hydrogens is 245 g/mol. The molecule has 0 spiro atoms. The normalized spacial score (nSPS) is 14.3. The van der Waals surface area contributed by atoms with Crippen LogP contribution in [0, 0.1) is 5.82 Å². The molecule has 1 aromatic carbocycles. The third-order valence-electron chi connectivity index (χ3n) is 3.16. The van der Waals surface area contributed by atoms with Gasteiger partial charge < -0.3 is 9.52 Å². The van der Waals surface area contributed by atoms with E-state index in [2.05, 4.69) is 5.32 Å². The average molecular weight is 263 g/mol. The van der Waals surface area contributed by atoms with Crippen molar-refractivity contribution in [2.45, 2.75) is 25.4 Å². The highest BCUT2D eigenvalue weighted by Gasteiger charge is 2.20. The van der Waals surface area contributed by atoms with Crippen molar-refractivity contribution in [2.75, 3.05) is 6.61 Å². The summed E-state index contributed by atoms with van der Waals surface area (Å²) in [5.74, 6) is 0.412. The lowest BCUT2D eigenvalue weighted by molar-refractivity contribution is 0.213. The number of rotatable bonds is 6. The van der Waals surface area contributed by atoms with Gasteiger partial charge >= 0.3 is 0 Å². The summed E-state index contributed by atoms with van der Waals surface area (Å²) in [5, 5.41) is 12.7. The molecule has 4 heteroatoms. The topological polar surface area (TPSA) is 45.4 Å². The van der Waals surface area contributed by atoms with Gasteiger partial charge in [0, 0.05) is 11.6 Å². The van der Waals surface area contributed by atoms with Crippen molar-refractivity contribution >= 4 is 0 Å². The van der Waals surface area contributed by atoms with Crippen LogP contribution in [-0.4, -0.2) is 11.7 Å². The van der Waals surface area contributed by atoms with Gasteiger partial charge in [0.2, 0.25) is 0 Å². The van der Waals surface area contributed by atoms with E-state index in [-0.39, 0.29) is 24.5 Å². The third-order valence-corrected chi connectivity index (χ3v) is 3.16. The van der Waals surface area contributed by atoms with Crippen LogP contribution < -0.4 is 5.32 Å². The van der Waals surface area contributed by atoms with Gasteiger partial charge in [-0.1, -0.05) is 25.1 Å². The predicted octanol–water partition coefficient (Wildman–Crippen LogP) is 3.19. The number of hydrogen-bond acceptors (Lipinski definition) is 3. The van der Waals surface area contributed by atoms with Gasteiger partial charge in [-0.15, -0.1) is 0 Å². The molecule has 3 nitrogen and oxygen atoms in total. The fourth-order valence-electron chi connectivity index (χ4n) is 2.14. The lowest BCUT2D eigenvalue weighted by Gasteiger charge is -2.23. The maximum Gasteiger partial charge on any atom is 0.127 e. The summed E-state index contributed by atoms with van der Waals surface area (Å²) in [5.41, 5.74) is 0.606. The average Bonchev–Trinajstić information content (AvgIpc) is 2.95. The Bertz CT molecular complexity index is 499. The molecule has 0 aliphatic heterocycles. The van der Waals surface area contributed by atoms with Crippen molar-refractivity contribution in [1.82, 2.24) is 5.32 Å². The molecule has 0 radical (unpaired) electrons. The minimum absolute atomic E-state index is 0.0987. The Morgan fingerprint density at radius 2 is 2.00 bits per heavy atom. The van der Waals surface area contributed by atoms with Gasteiger partial charge in [-0.3, -0.25) is 5.32 Å². The van der Waals surface area contributed by atoms with Crippen molar-refractivity contribution in [3.63, 3.8) is 0 Å². The smallest absolute Gasteiger partial charge is 0.127 e. The molecule has 1 aromatic heterocycles. The zero-order chi connectivity index (χ0) is 13.7. The zero-order valence-corrected chi connectivity index (χ0v) is 10.8. The summed E-state index contributed by atoms with van der Waals surface area (Å²) in [6.45, 7) is 1.87. The number of halogens is 1. The molecule has 0 aliphatic carbocycles. The monoisotopic (exact) mass is 263 g/mol. The summed E-state index contributed by atoms with van der Waals surface area (Å²) in [4.78, 5) is 0. The number of furan rings is 1. The number of benzene rings is 1. The second kappa shape index (κ2) is 6.50. The highest BCUT2D eigenvalue weighted by molar-refractivity contribution is 5.21. The van der Waals surface area contributed by atoms with Gasteiger partial charge in [0.1, 0.15) is 11.6 Å². The van der Waals surface area contributed by atoms with Gasteiger partial charge in [-0.25, -0.2) is 4.39 Å². The van der Waals surface area contributed by atoms with Crippen LogP contribution in [-0.2, 0) is 0 Å². The van der Waals surface area contributed by atoms with E-state index in [0.29, 0.717) is 11.3 Å². The molecular formula is C15H18FNO2. The predicted molar refractivity (Wildman–Crippen MR) is 71.1 cm³/mol. The summed E-state index contributed by atoms with van der Waals surface area (Å²) < 4.78 is 19.1. The highest BCUT2D eigenvalue weighted by atomic mass is 19.1. The zero-order valence-electron chi connectivity index (χ0n) is 10.8. The van der Waals surface area contributed by atoms with Crippen LogP contribution in [0.5, 0.6) is 0 Å². The summed E-state index contributed by atoms with van der Waals surface area (Å²) in [7, 11) is 0. The van der Waals surface area contributed by atoms with Crippen LogP contribution in [0.2, 0.25) is 0 Å². The molecule has 0 unspecified atom stereocenters. The number of aliphatic hydroxyl groups is 1. The van der Waals surface area contributed by atoms with Gasteiger partial charge in [-0.2, -0.15) is 0 Å². The van der Waals surface area contributed by atoms with E-state index in [0.717, 1.165) is 6.42 Å². The van der Waals surface area contributed by atoms with Gasteiger partial charge in [0.15, 0.2) is 0 Å². The Hall–Kier alpha value is -1.65. The minimum Gasteiger partial charge on any atom is -0.468 e. The van der Waals surface area contributed by atoms with Crippen molar-refractivity contribution in [3.05, 3.63) is 59.8 Å². The molecule has 0 aliphatic rings. The van der Waals surface area contributed by atoms with Gasteiger partial charge in [0.05, 0.1) is 18.9 Å². The van der Waals surface area contributed by atoms with Crippen molar-refractivity contribution in [1.29, 1.82) is 0 Å². The minimum atomic E-state index is -0.334. The molecule has 1 heterocycles. The van der Waals surface area contributed by atoms with Crippen LogP contribution in [0.15, 0.2) is 47.1 Å². The third kappa shape index (κ3) is 3.22. The molecule has 0 fully saturated rings. The molecule has 0 saturated heterocycles. The Morgan fingerprint density at radius 3 is 2.58 bits per heavy atom. The fraction of sp³-hybridized carbons (Fsp3) is 0.333. The van der Waals surface area contributed by atoms with Crippen LogP contribution in [0.25, 0.3) is 0 Å². The van der Waals surface area contributed by atoms with Crippen LogP contribution in [0.1, 0.15) is 36.8 Å². The molecule has 2 rings (SSSR count). The molecule has 2 atom stereocenters. The van der Waals surface area contributed by atoms with Crippen molar-refractivity contribution < 1.29 is 13.9 Å². The standard InChI is InChI=1S/C15H18FNO2/c1-2-13(11-6-3-4-7-12(11)16)17-14(10-18)15-8-5-9-19-15/h3-9,13-14,17-18H,2,10H2,1H3/t13-,14-/m1/s1. The second-order valence-corrected chi connectivity index (χ2v) is 4.40. The first-order valence-corrected chi connectivity index (χ1v) is 6.41. The highest BCUT2D eigenvalue weighted by Crippen LogP contribution is 2.24. The Morgan fingerprint density at radius 1 is 1.21 bits per heavy atom. The molecule has 2 N–H and O–H groups in total. The number of aliphatic hydroxyl groups excluding tert-OH is 1. The molecule has 0 bridgehead atoms. The van der Waals surface area contributed by atoms with E-state index in [1.807, 2.05) is 13.0 Å². The first-order chi connectivity index (χ1) is 9.26. The van der Waals surface area contributed by atoms with E-state index < -0.39 is 0 Å². The number of nitrogens with one attached hydrogen (secondary N) is 1. The van der Waals surface area contributed by atoms with Crippen molar-refractivity contribution in [2.24, 2.45) is 0 Å². The van der Waals surface area contributed by atoms with Crippen LogP contribution in [0.4, 0.5) is 4.39 Å². The molecule has 102 valence electrons. The SMILES string of the molecule is CC[C@@H](N[C@H](CO)c1ccco1)c1ccccc1F. The summed E-state index contributed by atoms with van der Waals surface area (Å²) in [6.07, 6.45) is 2.28. The van der Waals surface area contributed by atoms with E-state index >= 15 is 0 Å². The Labute approximate surface area is 112 Å². The van der Waals surface area contributed by atoms with Gasteiger partial charge in [-0.05, 0) is 24.6 Å². The molecule has 0 amide bonds. The van der Waals surface area contributed by atoms with Gasteiger partial charge in [0.25, 0.3) is 0 Å². The Kier molecular flexibility index (Phi) is 4.71. The quantitative estimate of drug-likeness (QED) is 0.841. The number of hydrogen-bond donors (Lipinski definition) is 2. The maximum atomic E-state index is 13.8. The maximum absolute atomic E-state index is 13.8. The Balaban J connectivity index is 2.17. The van der Waals surface area contributed by atoms with E-state index in [1.165, 1.54) is 6.07 Å². The molecule has 2 aromatic rings. The van der Waals surface area contributed by atoms with Crippen molar-refractivity contribution in [3.8, 4) is 0 Å². The van der Waals surface area contributed by atoms with E-state index in [4.69, 9.17) is 4.42 Å². The first kappa shape index (κ1) is 13.8. The second-order valence-electron chi connectivity index (χ2n) is 4.40. The summed E-state index contributed by atoms with van der Waals surface area (Å²) in [6, 6.07) is 9.74. The first-order valence-electron chi connectivity index (χ1n) is 6.41. The fourth-order valence-corrected chi connectivity index (χ4v) is 2.14. The molecule has 0 saturated carbocycles. The van der Waals surface area contributed by atoms with Crippen LogP contribution >= 0.6 is 0 Å². The van der Waals surface area contributed by atoms with E-state index in [1.54, 1.807) is 30.5 Å². The molecule has 19 heavy (non-hydrogen) atoms. The lowest BCUT2D eigenvalue weighted by Crippen LogP contribution is -2.28. The van der Waals surface area contributed by atoms with E-state index in [9.17, 15) is 9.50 Å². The lowest BCUT2D eigenvalue weighted by atomic mass is 10.0.